The number of ether oxygens (including phenoxy) is 1. The highest BCUT2D eigenvalue weighted by Gasteiger charge is 2.52. The third-order valence-corrected chi connectivity index (χ3v) is 6.54. The van der Waals surface area contributed by atoms with E-state index in [0.29, 0.717) is 24.8 Å². The number of nitrogens with zero attached hydrogens (tertiary/aromatic N) is 1. The summed E-state index contributed by atoms with van der Waals surface area (Å²) in [5.74, 6) is 0.551. The predicted octanol–water partition coefficient (Wildman–Crippen LogP) is 2.61. The van der Waals surface area contributed by atoms with E-state index in [4.69, 9.17) is 9.94 Å². The second kappa shape index (κ2) is 5.50. The molecular weight excluding hydrogens is 323 g/mol. The Kier molecular flexibility index (Phi) is 3.46. The maximum absolute atomic E-state index is 14.4. The van der Waals surface area contributed by atoms with Gasteiger partial charge in [-0.2, -0.15) is 0 Å². The molecule has 5 nitrogen and oxygen atoms in total. The lowest BCUT2D eigenvalue weighted by molar-refractivity contribution is -0.226. The second-order valence-corrected chi connectivity index (χ2v) is 8.45. The maximum atomic E-state index is 14.4. The third kappa shape index (κ3) is 2.58. The number of hydrogen-bond acceptors (Lipinski definition) is 4. The van der Waals surface area contributed by atoms with E-state index in [1.807, 2.05) is 0 Å². The lowest BCUT2D eigenvalue weighted by Crippen LogP contribution is -2.58. The first-order valence-corrected chi connectivity index (χ1v) is 9.19. The standard InChI is InChI=1S/C19H23FN2O3/c20-17-5-13(18(23)21-24)4-14-8-22(9-16(14)17)10-19-6-11-1-12(7-19)3-15(2-11)25-19/h4-5,11-12,15,24H,1-3,6-10H2,(H,21,23). The predicted molar refractivity (Wildman–Crippen MR) is 87.4 cm³/mol. The van der Waals surface area contributed by atoms with Crippen LogP contribution >= 0.6 is 0 Å². The maximum Gasteiger partial charge on any atom is 0.274 e. The lowest BCUT2D eigenvalue weighted by Gasteiger charge is -2.57. The normalized spacial score (nSPS) is 35.8. The minimum Gasteiger partial charge on any atom is -0.370 e. The topological polar surface area (TPSA) is 61.8 Å². The Labute approximate surface area is 146 Å². The van der Waals surface area contributed by atoms with Crippen LogP contribution in [0, 0.1) is 17.7 Å². The van der Waals surface area contributed by atoms with Gasteiger partial charge >= 0.3 is 0 Å². The summed E-state index contributed by atoms with van der Waals surface area (Å²) in [6.45, 7) is 2.03. The van der Waals surface area contributed by atoms with Crippen molar-refractivity contribution in [2.45, 2.75) is 56.9 Å². The van der Waals surface area contributed by atoms with E-state index < -0.39 is 5.91 Å². The van der Waals surface area contributed by atoms with Gasteiger partial charge < -0.3 is 4.74 Å². The van der Waals surface area contributed by atoms with Crippen LogP contribution in [-0.4, -0.2) is 34.3 Å². The van der Waals surface area contributed by atoms with Gasteiger partial charge in [0, 0.05) is 30.8 Å². The zero-order valence-corrected chi connectivity index (χ0v) is 14.1. The average Bonchev–Trinajstić information content (AvgIpc) is 2.95. The number of carbonyl (C=O) groups excluding carboxylic acids is 1. The van der Waals surface area contributed by atoms with Crippen LogP contribution in [0.1, 0.15) is 53.6 Å². The molecule has 4 bridgehead atoms. The van der Waals surface area contributed by atoms with Crippen LogP contribution < -0.4 is 5.48 Å². The summed E-state index contributed by atoms with van der Waals surface area (Å²) in [6, 6.07) is 2.89. The number of benzene rings is 1. The average molecular weight is 346 g/mol. The highest BCUT2D eigenvalue weighted by Crippen LogP contribution is 2.53. The summed E-state index contributed by atoms with van der Waals surface area (Å²) in [4.78, 5) is 13.8. The summed E-state index contributed by atoms with van der Waals surface area (Å²) in [7, 11) is 0. The summed E-state index contributed by atoms with van der Waals surface area (Å²) >= 11 is 0. The Morgan fingerprint density at radius 1 is 1.28 bits per heavy atom. The highest BCUT2D eigenvalue weighted by molar-refractivity contribution is 5.93. The van der Waals surface area contributed by atoms with Crippen molar-refractivity contribution in [1.29, 1.82) is 0 Å². The summed E-state index contributed by atoms with van der Waals surface area (Å²) in [5, 5.41) is 8.77. The van der Waals surface area contributed by atoms with Gasteiger partial charge in [-0.3, -0.25) is 14.9 Å². The Morgan fingerprint density at radius 2 is 2.04 bits per heavy atom. The molecule has 4 fully saturated rings. The number of hydrogen-bond donors (Lipinski definition) is 2. The van der Waals surface area contributed by atoms with Crippen LogP contribution in [0.2, 0.25) is 0 Å². The van der Waals surface area contributed by atoms with Crippen molar-refractivity contribution in [2.75, 3.05) is 6.54 Å². The molecule has 0 radical (unpaired) electrons. The van der Waals surface area contributed by atoms with Crippen molar-refractivity contribution in [1.82, 2.24) is 10.4 Å². The van der Waals surface area contributed by atoms with Gasteiger partial charge in [0.25, 0.3) is 5.91 Å². The fraction of sp³-hybridized carbons (Fsp3) is 0.632. The number of fused-ring (bicyclic) bond motifs is 1. The van der Waals surface area contributed by atoms with Gasteiger partial charge in [-0.05, 0) is 61.6 Å². The molecule has 1 aromatic rings. The first kappa shape index (κ1) is 15.7. The minimum absolute atomic E-state index is 0.0570. The summed E-state index contributed by atoms with van der Waals surface area (Å²) in [5.41, 5.74) is 3.18. The summed E-state index contributed by atoms with van der Waals surface area (Å²) in [6.07, 6.45) is 6.48. The molecule has 3 aliphatic heterocycles. The molecule has 0 aromatic heterocycles. The molecule has 2 aliphatic carbocycles. The number of rotatable bonds is 3. The number of halogens is 1. The van der Waals surface area contributed by atoms with E-state index in [-0.39, 0.29) is 17.0 Å². The van der Waals surface area contributed by atoms with Crippen LogP contribution in [0.5, 0.6) is 0 Å². The van der Waals surface area contributed by atoms with Gasteiger partial charge in [0.15, 0.2) is 0 Å². The van der Waals surface area contributed by atoms with Crippen molar-refractivity contribution in [3.05, 3.63) is 34.6 Å². The molecule has 25 heavy (non-hydrogen) atoms. The SMILES string of the molecule is O=C(NO)c1cc(F)c2c(c1)CN(CC13CC4CC(CC(C4)O1)C3)C2. The van der Waals surface area contributed by atoms with E-state index in [2.05, 4.69) is 4.90 Å². The van der Waals surface area contributed by atoms with E-state index in [0.717, 1.165) is 36.8 Å². The van der Waals surface area contributed by atoms with E-state index in [9.17, 15) is 9.18 Å². The summed E-state index contributed by atoms with van der Waals surface area (Å²) < 4.78 is 20.8. The van der Waals surface area contributed by atoms with Crippen molar-refractivity contribution < 1.29 is 19.1 Å². The largest absolute Gasteiger partial charge is 0.370 e. The third-order valence-electron chi connectivity index (χ3n) is 6.54. The van der Waals surface area contributed by atoms with E-state index in [1.54, 1.807) is 11.5 Å². The molecule has 0 spiro atoms. The van der Waals surface area contributed by atoms with Gasteiger partial charge in [-0.15, -0.1) is 0 Å². The number of carbonyl (C=O) groups is 1. The molecule has 3 heterocycles. The van der Waals surface area contributed by atoms with E-state index in [1.165, 1.54) is 25.3 Å². The molecular formula is C19H23FN2O3. The number of amides is 1. The van der Waals surface area contributed by atoms with Crippen LogP contribution in [0.25, 0.3) is 0 Å². The molecule has 2 saturated carbocycles. The Hall–Kier alpha value is -1.50. The van der Waals surface area contributed by atoms with Crippen LogP contribution in [0.4, 0.5) is 4.39 Å². The Bertz CT molecular complexity index is 700. The van der Waals surface area contributed by atoms with Crippen molar-refractivity contribution in [3.63, 3.8) is 0 Å². The lowest BCUT2D eigenvalue weighted by atomic mass is 9.62. The molecule has 6 rings (SSSR count). The zero-order valence-electron chi connectivity index (χ0n) is 14.1. The zero-order chi connectivity index (χ0) is 17.2. The fourth-order valence-electron chi connectivity index (χ4n) is 5.93. The van der Waals surface area contributed by atoms with Crippen molar-refractivity contribution >= 4 is 5.91 Å². The smallest absolute Gasteiger partial charge is 0.274 e. The molecule has 2 atom stereocenters. The number of hydroxylamine groups is 1. The number of nitrogens with one attached hydrogen (secondary N) is 1. The molecule has 2 saturated heterocycles. The van der Waals surface area contributed by atoms with Crippen LogP contribution in [0.15, 0.2) is 12.1 Å². The fourth-order valence-corrected chi connectivity index (χ4v) is 5.93. The Balaban J connectivity index is 1.35. The minimum atomic E-state index is -0.676. The van der Waals surface area contributed by atoms with Crippen molar-refractivity contribution in [3.8, 4) is 0 Å². The van der Waals surface area contributed by atoms with Gasteiger partial charge in [-0.1, -0.05) is 0 Å². The molecule has 2 N–H and O–H groups in total. The monoisotopic (exact) mass is 346 g/mol. The molecule has 5 aliphatic rings. The van der Waals surface area contributed by atoms with Crippen LogP contribution in [0.3, 0.4) is 0 Å². The first-order valence-electron chi connectivity index (χ1n) is 9.19. The van der Waals surface area contributed by atoms with Crippen LogP contribution in [-0.2, 0) is 17.8 Å². The van der Waals surface area contributed by atoms with E-state index >= 15 is 0 Å². The first-order chi connectivity index (χ1) is 12.0. The quantitative estimate of drug-likeness (QED) is 0.652. The molecule has 6 heteroatoms. The highest BCUT2D eigenvalue weighted by atomic mass is 19.1. The molecule has 1 aromatic carbocycles. The molecule has 1 amide bonds. The van der Waals surface area contributed by atoms with Gasteiger partial charge in [0.05, 0.1) is 11.7 Å². The molecule has 2 unspecified atom stereocenters. The second-order valence-electron chi connectivity index (χ2n) is 8.45. The molecule has 134 valence electrons. The van der Waals surface area contributed by atoms with Crippen molar-refractivity contribution in [2.24, 2.45) is 11.8 Å². The van der Waals surface area contributed by atoms with Gasteiger partial charge in [0.1, 0.15) is 5.82 Å². The Morgan fingerprint density at radius 3 is 2.72 bits per heavy atom. The van der Waals surface area contributed by atoms with Gasteiger partial charge in [0.2, 0.25) is 0 Å². The van der Waals surface area contributed by atoms with Gasteiger partial charge in [-0.25, -0.2) is 9.87 Å².